The third-order valence-electron chi connectivity index (χ3n) is 4.28. The van der Waals surface area contributed by atoms with E-state index in [2.05, 4.69) is 5.32 Å². The molecule has 28 heavy (non-hydrogen) atoms. The Hall–Kier alpha value is -3.11. The fourth-order valence-electron chi connectivity index (χ4n) is 2.83. The largest absolute Gasteiger partial charge is 0.452 e. The Bertz CT molecular complexity index is 888. The number of anilines is 1. The first-order chi connectivity index (χ1) is 13.5. The fourth-order valence-corrected chi connectivity index (χ4v) is 2.95. The summed E-state index contributed by atoms with van der Waals surface area (Å²) in [7, 11) is 0. The van der Waals surface area contributed by atoms with Crippen molar-refractivity contribution in [2.75, 3.05) is 5.32 Å². The Balaban J connectivity index is 1.74. The third-order valence-corrected chi connectivity index (χ3v) is 4.53. The lowest BCUT2D eigenvalue weighted by Crippen LogP contribution is -2.32. The molecule has 4 nitrogen and oxygen atoms in total. The molecule has 0 bridgehead atoms. The number of benzene rings is 3. The minimum Gasteiger partial charge on any atom is -0.452 e. The Morgan fingerprint density at radius 2 is 1.32 bits per heavy atom. The van der Waals surface area contributed by atoms with E-state index in [1.807, 2.05) is 60.7 Å². The minimum atomic E-state index is -0.946. The number of halogens is 1. The predicted molar refractivity (Wildman–Crippen MR) is 110 cm³/mol. The highest BCUT2D eigenvalue weighted by Gasteiger charge is 2.27. The van der Waals surface area contributed by atoms with Crippen LogP contribution in [0, 0.1) is 0 Å². The minimum absolute atomic E-state index is 0.407. The van der Waals surface area contributed by atoms with Gasteiger partial charge < -0.3 is 10.1 Å². The number of rotatable bonds is 6. The highest BCUT2D eigenvalue weighted by Crippen LogP contribution is 2.26. The molecule has 0 aliphatic carbocycles. The van der Waals surface area contributed by atoms with Gasteiger partial charge in [-0.3, -0.25) is 9.59 Å². The van der Waals surface area contributed by atoms with Gasteiger partial charge in [0.1, 0.15) is 5.92 Å². The van der Waals surface area contributed by atoms with Crippen LogP contribution in [0.3, 0.4) is 0 Å². The van der Waals surface area contributed by atoms with Crippen molar-refractivity contribution in [3.8, 4) is 0 Å². The molecule has 3 aromatic carbocycles. The zero-order chi connectivity index (χ0) is 19.9. The summed E-state index contributed by atoms with van der Waals surface area (Å²) in [5.74, 6) is -1.49. The first-order valence-electron chi connectivity index (χ1n) is 8.91. The molecular formula is C23H20ClNO3. The van der Waals surface area contributed by atoms with Crippen LogP contribution in [0.2, 0.25) is 5.02 Å². The average Bonchev–Trinajstić information content (AvgIpc) is 2.71. The van der Waals surface area contributed by atoms with Crippen molar-refractivity contribution in [1.82, 2.24) is 0 Å². The Labute approximate surface area is 169 Å². The zero-order valence-electron chi connectivity index (χ0n) is 15.3. The lowest BCUT2D eigenvalue weighted by atomic mass is 9.91. The molecule has 0 aromatic heterocycles. The molecule has 0 aliphatic rings. The number of hydrogen-bond donors (Lipinski definition) is 1. The normalized spacial score (nSPS) is 11.7. The van der Waals surface area contributed by atoms with Crippen LogP contribution >= 0.6 is 11.6 Å². The first kappa shape index (κ1) is 19.6. The molecule has 5 heteroatoms. The molecule has 1 amide bonds. The monoisotopic (exact) mass is 393 g/mol. The smallest absolute Gasteiger partial charge is 0.318 e. The SMILES string of the molecule is C[C@H](OC(=O)C(c1ccccc1)c1ccccc1)C(=O)Nc1ccc(Cl)cc1. The molecule has 0 heterocycles. The van der Waals surface area contributed by atoms with Crippen molar-refractivity contribution in [2.24, 2.45) is 0 Å². The van der Waals surface area contributed by atoms with E-state index in [1.165, 1.54) is 0 Å². The van der Waals surface area contributed by atoms with Gasteiger partial charge in [0.05, 0.1) is 0 Å². The van der Waals surface area contributed by atoms with E-state index < -0.39 is 23.9 Å². The van der Waals surface area contributed by atoms with E-state index in [0.717, 1.165) is 11.1 Å². The predicted octanol–water partition coefficient (Wildman–Crippen LogP) is 5.04. The van der Waals surface area contributed by atoms with Crippen molar-refractivity contribution < 1.29 is 14.3 Å². The van der Waals surface area contributed by atoms with Gasteiger partial charge in [-0.2, -0.15) is 0 Å². The fraction of sp³-hybridized carbons (Fsp3) is 0.130. The van der Waals surface area contributed by atoms with Crippen LogP contribution in [-0.2, 0) is 14.3 Å². The number of carbonyl (C=O) groups excluding carboxylic acids is 2. The molecule has 1 atom stereocenters. The van der Waals surface area contributed by atoms with Crippen LogP contribution in [0.15, 0.2) is 84.9 Å². The third kappa shape index (κ3) is 4.99. The van der Waals surface area contributed by atoms with Crippen LogP contribution in [-0.4, -0.2) is 18.0 Å². The van der Waals surface area contributed by atoms with E-state index in [0.29, 0.717) is 10.7 Å². The summed E-state index contributed by atoms with van der Waals surface area (Å²) in [6, 6.07) is 25.5. The van der Waals surface area contributed by atoms with E-state index >= 15 is 0 Å². The molecule has 0 saturated carbocycles. The summed E-state index contributed by atoms with van der Waals surface area (Å²) < 4.78 is 5.50. The lowest BCUT2D eigenvalue weighted by molar-refractivity contribution is -0.153. The van der Waals surface area contributed by atoms with Gasteiger partial charge >= 0.3 is 5.97 Å². The molecule has 0 fully saturated rings. The summed E-state index contributed by atoms with van der Waals surface area (Å²) in [6.45, 7) is 1.55. The molecule has 0 aliphatic heterocycles. The molecule has 0 saturated heterocycles. The summed E-state index contributed by atoms with van der Waals surface area (Å²) in [5, 5.41) is 3.29. The molecule has 0 spiro atoms. The van der Waals surface area contributed by atoms with Crippen molar-refractivity contribution in [3.63, 3.8) is 0 Å². The summed E-state index contributed by atoms with van der Waals surface area (Å²) in [4.78, 5) is 25.3. The lowest BCUT2D eigenvalue weighted by Gasteiger charge is -2.20. The van der Waals surface area contributed by atoms with Crippen LogP contribution in [0.25, 0.3) is 0 Å². The molecule has 0 unspecified atom stereocenters. The summed E-state index contributed by atoms with van der Waals surface area (Å²) >= 11 is 5.85. The van der Waals surface area contributed by atoms with Crippen molar-refractivity contribution in [3.05, 3.63) is 101 Å². The van der Waals surface area contributed by atoms with Crippen molar-refractivity contribution in [2.45, 2.75) is 18.9 Å². The topological polar surface area (TPSA) is 55.4 Å². The van der Waals surface area contributed by atoms with Crippen LogP contribution in [0.4, 0.5) is 5.69 Å². The molecular weight excluding hydrogens is 374 g/mol. The van der Waals surface area contributed by atoms with Crippen LogP contribution in [0.1, 0.15) is 24.0 Å². The second-order valence-corrected chi connectivity index (χ2v) is 6.77. The van der Waals surface area contributed by atoms with Gasteiger partial charge in [-0.15, -0.1) is 0 Å². The average molecular weight is 394 g/mol. The van der Waals surface area contributed by atoms with Crippen LogP contribution in [0.5, 0.6) is 0 Å². The Kier molecular flexibility index (Phi) is 6.45. The maximum absolute atomic E-state index is 12.9. The standard InChI is InChI=1S/C23H20ClNO3/c1-16(22(26)25-20-14-12-19(24)13-15-20)28-23(27)21(17-8-4-2-5-9-17)18-10-6-3-7-11-18/h2-16,21H,1H3,(H,25,26)/t16-/m0/s1. The molecule has 142 valence electrons. The van der Waals surface area contributed by atoms with Crippen molar-refractivity contribution in [1.29, 1.82) is 0 Å². The molecule has 3 aromatic rings. The Morgan fingerprint density at radius 3 is 1.82 bits per heavy atom. The van der Waals surface area contributed by atoms with Gasteiger partial charge in [0.25, 0.3) is 5.91 Å². The molecule has 0 radical (unpaired) electrons. The summed E-state index contributed by atoms with van der Waals surface area (Å²) in [5.41, 5.74) is 2.20. The van der Waals surface area contributed by atoms with E-state index in [1.54, 1.807) is 31.2 Å². The summed E-state index contributed by atoms with van der Waals surface area (Å²) in [6.07, 6.45) is -0.946. The number of nitrogens with one attached hydrogen (secondary N) is 1. The number of amides is 1. The number of ether oxygens (including phenoxy) is 1. The van der Waals surface area contributed by atoms with Gasteiger partial charge in [0, 0.05) is 10.7 Å². The van der Waals surface area contributed by atoms with E-state index in [9.17, 15) is 9.59 Å². The van der Waals surface area contributed by atoms with Crippen LogP contribution < -0.4 is 5.32 Å². The second-order valence-electron chi connectivity index (χ2n) is 6.33. The highest BCUT2D eigenvalue weighted by molar-refractivity contribution is 6.30. The van der Waals surface area contributed by atoms with Gasteiger partial charge in [-0.1, -0.05) is 72.3 Å². The van der Waals surface area contributed by atoms with Gasteiger partial charge in [0.15, 0.2) is 6.10 Å². The van der Waals surface area contributed by atoms with Crippen molar-refractivity contribution >= 4 is 29.2 Å². The van der Waals surface area contributed by atoms with Gasteiger partial charge in [0.2, 0.25) is 0 Å². The highest BCUT2D eigenvalue weighted by atomic mass is 35.5. The Morgan fingerprint density at radius 1 is 0.821 bits per heavy atom. The number of esters is 1. The van der Waals surface area contributed by atoms with Gasteiger partial charge in [-0.05, 0) is 42.3 Å². The first-order valence-corrected chi connectivity index (χ1v) is 9.29. The maximum Gasteiger partial charge on any atom is 0.318 e. The van der Waals surface area contributed by atoms with Gasteiger partial charge in [-0.25, -0.2) is 0 Å². The number of carbonyl (C=O) groups is 2. The quantitative estimate of drug-likeness (QED) is 0.597. The second kappa shape index (κ2) is 9.20. The number of hydrogen-bond acceptors (Lipinski definition) is 3. The zero-order valence-corrected chi connectivity index (χ0v) is 16.1. The van der Waals surface area contributed by atoms with E-state index in [-0.39, 0.29) is 0 Å². The van der Waals surface area contributed by atoms with E-state index in [4.69, 9.17) is 16.3 Å². The maximum atomic E-state index is 12.9. The molecule has 3 rings (SSSR count). The molecule has 1 N–H and O–H groups in total.